The van der Waals surface area contributed by atoms with Gasteiger partial charge in [-0.3, -0.25) is 9.32 Å². The number of phosphoric acid groups is 1. The number of methoxy groups -OCH3 is 1. The summed E-state index contributed by atoms with van der Waals surface area (Å²) in [7, 11) is -6.05. The average molecular weight is 719 g/mol. The molecule has 0 saturated heterocycles. The molecule has 0 saturated carbocycles. The molecule has 0 spiro atoms. The Labute approximate surface area is 288 Å². The Hall–Kier alpha value is -3.78. The minimum absolute atomic E-state index is 0.0381. The number of phosphoric ester groups is 1. The second-order valence-electron chi connectivity index (χ2n) is 11.9. The van der Waals surface area contributed by atoms with Gasteiger partial charge in [0.05, 0.1) is 18.6 Å². The summed E-state index contributed by atoms with van der Waals surface area (Å²) >= 11 is 0. The highest BCUT2D eigenvalue weighted by atomic mass is 32.2. The highest BCUT2D eigenvalue weighted by Gasteiger charge is 2.35. The fourth-order valence-electron chi connectivity index (χ4n) is 5.44. The van der Waals surface area contributed by atoms with Gasteiger partial charge in [-0.1, -0.05) is 80.9 Å². The van der Waals surface area contributed by atoms with Crippen molar-refractivity contribution in [2.24, 2.45) is 5.92 Å². The second-order valence-corrected chi connectivity index (χ2v) is 15.0. The lowest BCUT2D eigenvalue weighted by molar-refractivity contribution is -0.123. The molecule has 3 rings (SSSR count). The Balaban J connectivity index is 1.78. The lowest BCUT2D eigenvalue weighted by atomic mass is 9.84. The van der Waals surface area contributed by atoms with Crippen LogP contribution in [0.2, 0.25) is 0 Å². The predicted octanol–water partition coefficient (Wildman–Crippen LogP) is 4.70. The van der Waals surface area contributed by atoms with Crippen LogP contribution in [-0.2, 0) is 28.6 Å². The number of alkyl carbamates (subject to hydrolysis) is 1. The van der Waals surface area contributed by atoms with Gasteiger partial charge in [0.15, 0.2) is 0 Å². The van der Waals surface area contributed by atoms with Gasteiger partial charge in [-0.25, -0.2) is 17.8 Å². The maximum absolute atomic E-state index is 13.9. The van der Waals surface area contributed by atoms with Crippen LogP contribution in [0, 0.1) is 5.92 Å². The van der Waals surface area contributed by atoms with Gasteiger partial charge in [-0.15, -0.1) is 0 Å². The average Bonchev–Trinajstić information content (AvgIpc) is 3.08. The highest BCUT2D eigenvalue weighted by Crippen LogP contribution is 2.37. The number of carbonyl (C=O) groups is 2. The summed E-state index contributed by atoms with van der Waals surface area (Å²) < 4.78 is 50.3. The number of carbonyl (C=O) groups excluding carboxylic acids is 2. The third-order valence-electron chi connectivity index (χ3n) is 7.79. The van der Waals surface area contributed by atoms with Gasteiger partial charge in [0.2, 0.25) is 15.9 Å². The molecule has 268 valence electrons. The van der Waals surface area contributed by atoms with Crippen LogP contribution < -0.4 is 16.0 Å². The molecule has 49 heavy (non-hydrogen) atoms. The fraction of sp³-hybridized carbons (Fsp3) is 0.412. The molecule has 0 aliphatic rings. The highest BCUT2D eigenvalue weighted by molar-refractivity contribution is 7.89. The van der Waals surface area contributed by atoms with Crippen molar-refractivity contribution >= 4 is 35.5 Å². The largest absolute Gasteiger partial charge is 0.469 e. The van der Waals surface area contributed by atoms with Crippen molar-refractivity contribution in [3.05, 3.63) is 96.1 Å². The van der Waals surface area contributed by atoms with Gasteiger partial charge in [-0.2, -0.15) is 4.31 Å². The van der Waals surface area contributed by atoms with E-state index in [4.69, 9.17) is 9.26 Å². The molecule has 0 aliphatic carbocycles. The molecule has 2 amide bonds. The number of hydrogen-bond acceptors (Lipinski definition) is 8. The zero-order valence-electron chi connectivity index (χ0n) is 28.2. The van der Waals surface area contributed by atoms with Crippen molar-refractivity contribution < 1.29 is 41.6 Å². The summed E-state index contributed by atoms with van der Waals surface area (Å²) in [5.74, 6) is -1.09. The third kappa shape index (κ3) is 12.2. The van der Waals surface area contributed by atoms with Crippen molar-refractivity contribution in [1.82, 2.24) is 14.9 Å². The minimum Gasteiger partial charge on any atom is -0.453 e. The van der Waals surface area contributed by atoms with Crippen LogP contribution >= 0.6 is 7.82 Å². The van der Waals surface area contributed by atoms with Crippen LogP contribution in [0.1, 0.15) is 50.2 Å². The van der Waals surface area contributed by atoms with E-state index in [-0.39, 0.29) is 30.3 Å². The Morgan fingerprint density at radius 1 is 0.898 bits per heavy atom. The van der Waals surface area contributed by atoms with E-state index in [9.17, 15) is 32.4 Å². The van der Waals surface area contributed by atoms with Crippen LogP contribution in [0.25, 0.3) is 0 Å². The molecular formula is C34H47N4O9PS. The molecule has 0 fully saturated rings. The van der Waals surface area contributed by atoms with Crippen molar-refractivity contribution in [3.63, 3.8) is 0 Å². The van der Waals surface area contributed by atoms with Crippen LogP contribution in [-0.4, -0.2) is 80.4 Å². The van der Waals surface area contributed by atoms with Gasteiger partial charge in [0.25, 0.3) is 0 Å². The lowest BCUT2D eigenvalue weighted by Gasteiger charge is -2.32. The molecule has 0 radical (unpaired) electrons. The number of nitrogens with zero attached hydrogens (tertiary/aromatic N) is 1. The summed E-state index contributed by atoms with van der Waals surface area (Å²) in [6.07, 6.45) is 0.207. The smallest absolute Gasteiger partial charge is 0.453 e. The van der Waals surface area contributed by atoms with E-state index in [1.165, 1.54) is 23.5 Å². The zero-order chi connectivity index (χ0) is 36.0. The Morgan fingerprint density at radius 2 is 1.47 bits per heavy atom. The molecule has 0 unspecified atom stereocenters. The third-order valence-corrected chi connectivity index (χ3v) is 10.2. The van der Waals surface area contributed by atoms with E-state index in [1.807, 2.05) is 74.5 Å². The molecule has 0 heterocycles. The van der Waals surface area contributed by atoms with Gasteiger partial charge in [-0.05, 0) is 54.2 Å². The van der Waals surface area contributed by atoms with Crippen LogP contribution in [0.5, 0.6) is 0 Å². The molecule has 0 aliphatic heterocycles. The van der Waals surface area contributed by atoms with Crippen molar-refractivity contribution in [2.75, 3.05) is 39.2 Å². The summed E-state index contributed by atoms with van der Waals surface area (Å²) in [5.41, 5.74) is 2.34. The quantitative estimate of drug-likeness (QED) is 0.0861. The number of sulfonamides is 1. The first kappa shape index (κ1) is 39.7. The zero-order valence-corrected chi connectivity index (χ0v) is 29.9. The SMILES string of the molecule is CNc1ccc(S(=O)(=O)N(CC(C)C)[C@@H](CCCCNC(=O)[C@@H](NC(=O)OC)C(c2ccccc2)c2ccccc2)COP(=O)(O)O)cc1. The molecule has 13 nitrogen and oxygen atoms in total. The first-order valence-electron chi connectivity index (χ1n) is 16.0. The summed E-state index contributed by atoms with van der Waals surface area (Å²) in [6, 6.07) is 22.9. The number of anilines is 1. The first-order chi connectivity index (χ1) is 23.3. The maximum atomic E-state index is 13.9. The lowest BCUT2D eigenvalue weighted by Crippen LogP contribution is -2.50. The standard InChI is InChI=1S/C34H47N4O9PS/c1-25(2)23-38(49(44,45)30-20-18-28(35-3)19-21-30)29(24-47-48(41,42)43)17-11-12-22-36-33(39)32(37-34(40)46-4)31(26-13-7-5-8-14-26)27-15-9-6-10-16-27/h5-10,13-16,18-21,25,29,31-32,35H,11-12,17,22-24H2,1-4H3,(H,36,39)(H,37,40)(H2,41,42,43)/t29-,32-/m0/s1. The van der Waals surface area contributed by atoms with Crippen LogP contribution in [0.15, 0.2) is 89.8 Å². The van der Waals surface area contributed by atoms with Gasteiger partial charge in [0, 0.05) is 37.8 Å². The molecule has 5 N–H and O–H groups in total. The molecule has 3 aromatic carbocycles. The Bertz CT molecular complexity index is 1580. The number of ether oxygens (including phenoxy) is 1. The van der Waals surface area contributed by atoms with Crippen molar-refractivity contribution in [2.45, 2.75) is 56.0 Å². The molecular weight excluding hydrogens is 671 g/mol. The first-order valence-corrected chi connectivity index (χ1v) is 19.0. The second kappa shape index (κ2) is 18.8. The van der Waals surface area contributed by atoms with Gasteiger partial charge < -0.3 is 30.5 Å². The Morgan fingerprint density at radius 3 is 1.96 bits per heavy atom. The van der Waals surface area contributed by atoms with E-state index < -0.39 is 54.5 Å². The van der Waals surface area contributed by atoms with Crippen molar-refractivity contribution in [1.29, 1.82) is 0 Å². The minimum atomic E-state index is -4.90. The predicted molar refractivity (Wildman–Crippen MR) is 187 cm³/mol. The summed E-state index contributed by atoms with van der Waals surface area (Å²) in [5, 5.41) is 8.52. The molecule has 3 aromatic rings. The molecule has 0 aromatic heterocycles. The normalized spacial score (nSPS) is 13.2. The number of hydrogen-bond donors (Lipinski definition) is 5. The monoisotopic (exact) mass is 718 g/mol. The van der Waals surface area contributed by atoms with Gasteiger partial charge >= 0.3 is 13.9 Å². The van der Waals surface area contributed by atoms with Crippen LogP contribution in [0.4, 0.5) is 10.5 Å². The Kier molecular flexibility index (Phi) is 15.2. The van der Waals surface area contributed by atoms with Crippen molar-refractivity contribution in [3.8, 4) is 0 Å². The number of amides is 2. The number of unbranched alkanes of at least 4 members (excludes halogenated alkanes) is 1. The molecule has 0 bridgehead atoms. The maximum Gasteiger partial charge on any atom is 0.469 e. The van der Waals surface area contributed by atoms with E-state index in [2.05, 4.69) is 16.0 Å². The molecule has 2 atom stereocenters. The molecule has 15 heteroatoms. The van der Waals surface area contributed by atoms with E-state index >= 15 is 0 Å². The summed E-state index contributed by atoms with van der Waals surface area (Å²) in [4.78, 5) is 45.0. The van der Waals surface area contributed by atoms with E-state index in [1.54, 1.807) is 19.2 Å². The van der Waals surface area contributed by atoms with E-state index in [0.29, 0.717) is 12.8 Å². The van der Waals surface area contributed by atoms with E-state index in [0.717, 1.165) is 16.8 Å². The van der Waals surface area contributed by atoms with Crippen LogP contribution in [0.3, 0.4) is 0 Å². The van der Waals surface area contributed by atoms with Gasteiger partial charge in [0.1, 0.15) is 6.04 Å². The topological polar surface area (TPSA) is 184 Å². The number of rotatable bonds is 19. The number of nitrogens with one attached hydrogen (secondary N) is 3. The fourth-order valence-corrected chi connectivity index (χ4v) is 7.61. The summed E-state index contributed by atoms with van der Waals surface area (Å²) in [6.45, 7) is 3.43. The number of benzene rings is 3.